The molecule has 0 saturated heterocycles. The number of halogens is 1. The lowest BCUT2D eigenvalue weighted by Gasteiger charge is -2.29. The van der Waals surface area contributed by atoms with Gasteiger partial charge in [-0.05, 0) is 24.6 Å². The molecule has 6 nitrogen and oxygen atoms in total. The minimum Gasteiger partial charge on any atom is -0.464 e. The zero-order chi connectivity index (χ0) is 20.5. The van der Waals surface area contributed by atoms with Crippen molar-refractivity contribution in [1.82, 2.24) is 4.90 Å². The third-order valence-electron chi connectivity index (χ3n) is 4.12. The summed E-state index contributed by atoms with van der Waals surface area (Å²) in [7, 11) is 1.20. The molecule has 0 aliphatic carbocycles. The first kappa shape index (κ1) is 21.2. The molecule has 0 aliphatic rings. The lowest BCUT2D eigenvalue weighted by Crippen LogP contribution is -2.34. The molecule has 0 fully saturated rings. The van der Waals surface area contributed by atoms with Crippen LogP contribution in [0.15, 0.2) is 72.4 Å². The van der Waals surface area contributed by atoms with Gasteiger partial charge in [0.15, 0.2) is 0 Å². The van der Waals surface area contributed by atoms with Gasteiger partial charge in [-0.15, -0.1) is 6.58 Å². The predicted molar refractivity (Wildman–Crippen MR) is 111 cm³/mol. The van der Waals surface area contributed by atoms with Crippen molar-refractivity contribution in [2.24, 2.45) is 5.10 Å². The minimum absolute atomic E-state index is 0.165. The summed E-state index contributed by atoms with van der Waals surface area (Å²) in [6, 6.07) is 16.4. The maximum atomic E-state index is 13.3. The van der Waals surface area contributed by atoms with E-state index in [0.717, 1.165) is 5.56 Å². The van der Waals surface area contributed by atoms with Crippen LogP contribution in [0.25, 0.3) is 0 Å². The Labute approximate surface area is 169 Å². The van der Waals surface area contributed by atoms with Crippen molar-refractivity contribution in [3.05, 3.63) is 78.4 Å². The number of nitrogens with zero attached hydrogens (tertiary/aromatic N) is 2. The van der Waals surface area contributed by atoms with E-state index >= 15 is 0 Å². The second kappa shape index (κ2) is 10.3. The van der Waals surface area contributed by atoms with Gasteiger partial charge in [-0.2, -0.15) is 5.10 Å². The average molecular weight is 400 g/mol. The van der Waals surface area contributed by atoms with Gasteiger partial charge in [0.1, 0.15) is 0 Å². The van der Waals surface area contributed by atoms with E-state index in [1.807, 2.05) is 37.3 Å². The molecule has 0 bridgehead atoms. The molecule has 0 unspecified atom stereocenters. The molecule has 2 aromatic carbocycles. The third-order valence-corrected chi connectivity index (χ3v) is 4.36. The van der Waals surface area contributed by atoms with Crippen molar-refractivity contribution in [3.8, 4) is 0 Å². The topological polar surface area (TPSA) is 71.0 Å². The lowest BCUT2D eigenvalue weighted by molar-refractivity contribution is -0.132. The first-order valence-electron chi connectivity index (χ1n) is 8.63. The molecule has 0 saturated carbocycles. The standard InChI is InChI=1S/C21H22ClN3O3/c1-4-14-25(15(2)16-10-6-5-7-11-16)20(26)17-12-8-9-13-18(17)23-24-19(22)21(27)28-3/h4-13,15,23H,1,14H2,2-3H3/b24-19-/t15-/m0/s1. The van der Waals surface area contributed by atoms with Gasteiger partial charge in [-0.1, -0.05) is 60.1 Å². The summed E-state index contributed by atoms with van der Waals surface area (Å²) in [4.78, 5) is 26.4. The molecule has 2 rings (SSSR count). The van der Waals surface area contributed by atoms with Gasteiger partial charge in [0.25, 0.3) is 5.91 Å². The van der Waals surface area contributed by atoms with Gasteiger partial charge in [-0.3, -0.25) is 10.2 Å². The molecule has 1 atom stereocenters. The number of nitrogens with one attached hydrogen (secondary N) is 1. The summed E-state index contributed by atoms with van der Waals surface area (Å²) in [5, 5.41) is 3.41. The van der Waals surface area contributed by atoms with E-state index in [0.29, 0.717) is 17.8 Å². The fourth-order valence-corrected chi connectivity index (χ4v) is 2.75. The molecule has 7 heteroatoms. The summed E-state index contributed by atoms with van der Waals surface area (Å²) in [5.41, 5.74) is 4.49. The van der Waals surface area contributed by atoms with Crippen LogP contribution in [-0.2, 0) is 9.53 Å². The number of carbonyl (C=O) groups is 2. The Hall–Kier alpha value is -3.12. The van der Waals surface area contributed by atoms with Gasteiger partial charge in [0, 0.05) is 6.54 Å². The zero-order valence-corrected chi connectivity index (χ0v) is 16.5. The van der Waals surface area contributed by atoms with Crippen molar-refractivity contribution < 1.29 is 14.3 Å². The molecule has 146 valence electrons. The molecule has 0 aromatic heterocycles. The molecule has 0 spiro atoms. The van der Waals surface area contributed by atoms with E-state index in [1.165, 1.54) is 7.11 Å². The first-order chi connectivity index (χ1) is 13.5. The van der Waals surface area contributed by atoms with Crippen molar-refractivity contribution >= 4 is 34.3 Å². The molecule has 0 aliphatic heterocycles. The van der Waals surface area contributed by atoms with Crippen molar-refractivity contribution in [2.75, 3.05) is 19.1 Å². The highest BCUT2D eigenvalue weighted by molar-refractivity contribution is 6.82. The number of amides is 1. The Morgan fingerprint density at radius 2 is 1.86 bits per heavy atom. The van der Waals surface area contributed by atoms with E-state index in [-0.39, 0.29) is 17.1 Å². The number of anilines is 1. The Morgan fingerprint density at radius 1 is 1.21 bits per heavy atom. The largest absolute Gasteiger partial charge is 0.464 e. The third kappa shape index (κ3) is 5.20. The first-order valence-corrected chi connectivity index (χ1v) is 9.00. The molecule has 2 aromatic rings. The Kier molecular flexibility index (Phi) is 7.77. The van der Waals surface area contributed by atoms with Crippen molar-refractivity contribution in [3.63, 3.8) is 0 Å². The van der Waals surface area contributed by atoms with Crippen molar-refractivity contribution in [1.29, 1.82) is 0 Å². The highest BCUT2D eigenvalue weighted by Crippen LogP contribution is 2.25. The monoisotopic (exact) mass is 399 g/mol. The summed E-state index contributed by atoms with van der Waals surface area (Å²) in [6.45, 7) is 6.09. The van der Waals surface area contributed by atoms with Crippen LogP contribution in [0.5, 0.6) is 0 Å². The average Bonchev–Trinajstić information content (AvgIpc) is 2.75. The second-order valence-corrected chi connectivity index (χ2v) is 6.24. The van der Waals surface area contributed by atoms with Gasteiger partial charge in [0.2, 0.25) is 5.17 Å². The maximum absolute atomic E-state index is 13.3. The quantitative estimate of drug-likeness (QED) is 0.312. The van der Waals surface area contributed by atoms with E-state index in [1.54, 1.807) is 35.2 Å². The van der Waals surface area contributed by atoms with E-state index < -0.39 is 5.97 Å². The number of esters is 1. The van der Waals surface area contributed by atoms with Crippen LogP contribution in [0.3, 0.4) is 0 Å². The number of para-hydroxylation sites is 1. The van der Waals surface area contributed by atoms with Crippen LogP contribution < -0.4 is 5.43 Å². The Bertz CT molecular complexity index is 868. The van der Waals surface area contributed by atoms with Crippen LogP contribution in [-0.4, -0.2) is 35.6 Å². The smallest absolute Gasteiger partial charge is 0.370 e. The van der Waals surface area contributed by atoms with Gasteiger partial charge < -0.3 is 9.64 Å². The SMILES string of the molecule is C=CCN(C(=O)c1ccccc1N/N=C(\Cl)C(=O)OC)[C@@H](C)c1ccccc1. The summed E-state index contributed by atoms with van der Waals surface area (Å²) < 4.78 is 4.50. The second-order valence-electron chi connectivity index (χ2n) is 5.88. The van der Waals surface area contributed by atoms with Crippen molar-refractivity contribution in [2.45, 2.75) is 13.0 Å². The van der Waals surface area contributed by atoms with Gasteiger partial charge in [-0.25, -0.2) is 4.79 Å². The lowest BCUT2D eigenvalue weighted by atomic mass is 10.0. The molecule has 1 N–H and O–H groups in total. The number of benzene rings is 2. The van der Waals surface area contributed by atoms with E-state index in [4.69, 9.17) is 11.6 Å². The Morgan fingerprint density at radius 3 is 2.50 bits per heavy atom. The number of methoxy groups -OCH3 is 1. The van der Waals surface area contributed by atoms with Crippen LogP contribution >= 0.6 is 11.6 Å². The normalized spacial score (nSPS) is 12.0. The van der Waals surface area contributed by atoms with E-state index in [9.17, 15) is 9.59 Å². The number of carbonyl (C=O) groups excluding carboxylic acids is 2. The molecule has 1 amide bonds. The molecule has 0 radical (unpaired) electrons. The number of hydrogen-bond acceptors (Lipinski definition) is 5. The fraction of sp³-hybridized carbons (Fsp3) is 0.190. The number of hydrazone groups is 1. The number of hydrogen-bond donors (Lipinski definition) is 1. The van der Waals surface area contributed by atoms with E-state index in [2.05, 4.69) is 21.8 Å². The highest BCUT2D eigenvalue weighted by Gasteiger charge is 2.23. The fourth-order valence-electron chi connectivity index (χ4n) is 2.63. The molecule has 0 heterocycles. The van der Waals surface area contributed by atoms with Crippen LogP contribution in [0.4, 0.5) is 5.69 Å². The van der Waals surface area contributed by atoms with Crippen LogP contribution in [0, 0.1) is 0 Å². The van der Waals surface area contributed by atoms with Crippen LogP contribution in [0.2, 0.25) is 0 Å². The van der Waals surface area contributed by atoms with Gasteiger partial charge in [0.05, 0.1) is 24.4 Å². The summed E-state index contributed by atoms with van der Waals surface area (Å²) in [6.07, 6.45) is 1.68. The molecular formula is C21H22ClN3O3. The highest BCUT2D eigenvalue weighted by atomic mass is 35.5. The van der Waals surface area contributed by atoms with Gasteiger partial charge >= 0.3 is 5.97 Å². The minimum atomic E-state index is -0.774. The summed E-state index contributed by atoms with van der Waals surface area (Å²) >= 11 is 5.76. The number of ether oxygens (including phenoxy) is 1. The summed E-state index contributed by atoms with van der Waals surface area (Å²) in [5.74, 6) is -0.979. The molecular weight excluding hydrogens is 378 g/mol. The van der Waals surface area contributed by atoms with Crippen LogP contribution in [0.1, 0.15) is 28.9 Å². The Balaban J connectivity index is 2.33. The molecule has 28 heavy (non-hydrogen) atoms. The zero-order valence-electron chi connectivity index (χ0n) is 15.8. The predicted octanol–water partition coefficient (Wildman–Crippen LogP) is 4.21. The maximum Gasteiger partial charge on any atom is 0.370 e. The number of rotatable bonds is 8.